The van der Waals surface area contributed by atoms with Crippen molar-refractivity contribution >= 4 is 22.7 Å². The van der Waals surface area contributed by atoms with Gasteiger partial charge in [0.25, 0.3) is 11.8 Å². The zero-order valence-electron chi connectivity index (χ0n) is 12.9. The molecule has 116 valence electrons. The van der Waals surface area contributed by atoms with Gasteiger partial charge in [-0.2, -0.15) is 0 Å². The molecular weight excluding hydrogens is 290 g/mol. The van der Waals surface area contributed by atoms with Crippen LogP contribution < -0.4 is 10.9 Å². The SMILES string of the molecule is Cc1[nH]c2ccc(C(=O)NNC(=O)c3ccccc3)cc2c1C. The Morgan fingerprint density at radius 2 is 1.52 bits per heavy atom. The molecule has 0 aliphatic rings. The molecule has 0 aliphatic carbocycles. The van der Waals surface area contributed by atoms with Crippen molar-refractivity contribution in [3.05, 3.63) is 70.9 Å². The molecule has 5 nitrogen and oxygen atoms in total. The standard InChI is InChI=1S/C18H17N3O2/c1-11-12(2)19-16-9-8-14(10-15(11)16)18(23)21-20-17(22)13-6-4-3-5-7-13/h3-10,19H,1-2H3,(H,20,22)(H,21,23). The van der Waals surface area contributed by atoms with Crippen LogP contribution in [0.1, 0.15) is 32.0 Å². The average Bonchev–Trinajstić information content (AvgIpc) is 2.87. The third kappa shape index (κ3) is 2.94. The third-order valence-electron chi connectivity index (χ3n) is 3.90. The van der Waals surface area contributed by atoms with E-state index in [1.54, 1.807) is 30.3 Å². The highest BCUT2D eigenvalue weighted by Gasteiger charge is 2.11. The quantitative estimate of drug-likeness (QED) is 0.637. The maximum atomic E-state index is 12.2. The first-order chi connectivity index (χ1) is 11.1. The Morgan fingerprint density at radius 1 is 0.870 bits per heavy atom. The van der Waals surface area contributed by atoms with Crippen LogP contribution in [0.5, 0.6) is 0 Å². The lowest BCUT2D eigenvalue weighted by atomic mass is 10.1. The lowest BCUT2D eigenvalue weighted by molar-refractivity contribution is 0.0847. The Hall–Kier alpha value is -3.08. The van der Waals surface area contributed by atoms with Gasteiger partial charge in [-0.05, 0) is 49.7 Å². The first kappa shape index (κ1) is 14.8. The number of carbonyl (C=O) groups excluding carboxylic acids is 2. The topological polar surface area (TPSA) is 74.0 Å². The molecule has 0 unspecified atom stereocenters. The fourth-order valence-corrected chi connectivity index (χ4v) is 2.45. The number of rotatable bonds is 2. The molecule has 1 aromatic heterocycles. The lowest BCUT2D eigenvalue weighted by Crippen LogP contribution is -2.41. The van der Waals surface area contributed by atoms with Crippen LogP contribution in [-0.4, -0.2) is 16.8 Å². The number of aromatic nitrogens is 1. The van der Waals surface area contributed by atoms with E-state index in [0.717, 1.165) is 22.2 Å². The van der Waals surface area contributed by atoms with Crippen LogP contribution in [0.3, 0.4) is 0 Å². The van der Waals surface area contributed by atoms with Crippen molar-refractivity contribution in [2.24, 2.45) is 0 Å². The van der Waals surface area contributed by atoms with E-state index in [-0.39, 0.29) is 11.8 Å². The van der Waals surface area contributed by atoms with Gasteiger partial charge in [0.1, 0.15) is 0 Å². The maximum Gasteiger partial charge on any atom is 0.269 e. The van der Waals surface area contributed by atoms with Crippen molar-refractivity contribution in [2.45, 2.75) is 13.8 Å². The summed E-state index contributed by atoms with van der Waals surface area (Å²) in [5.41, 5.74) is 9.02. The van der Waals surface area contributed by atoms with Crippen LogP contribution in [0.4, 0.5) is 0 Å². The molecule has 3 aromatic rings. The van der Waals surface area contributed by atoms with E-state index in [9.17, 15) is 9.59 Å². The minimum atomic E-state index is -0.353. The minimum absolute atomic E-state index is 0.352. The number of benzene rings is 2. The molecule has 2 amide bonds. The highest BCUT2D eigenvalue weighted by Crippen LogP contribution is 2.22. The summed E-state index contributed by atoms with van der Waals surface area (Å²) in [4.78, 5) is 27.4. The Kier molecular flexibility index (Phi) is 3.85. The predicted molar refractivity (Wildman–Crippen MR) is 89.1 cm³/mol. The molecule has 0 spiro atoms. The van der Waals surface area contributed by atoms with Gasteiger partial charge in [0.05, 0.1) is 0 Å². The fourth-order valence-electron chi connectivity index (χ4n) is 2.45. The Bertz CT molecular complexity index is 882. The normalized spacial score (nSPS) is 10.5. The molecule has 2 aromatic carbocycles. The zero-order valence-corrected chi connectivity index (χ0v) is 12.9. The molecule has 0 aliphatic heterocycles. The summed E-state index contributed by atoms with van der Waals surface area (Å²) in [7, 11) is 0. The van der Waals surface area contributed by atoms with E-state index in [1.165, 1.54) is 0 Å². The molecule has 3 N–H and O–H groups in total. The molecule has 5 heteroatoms. The van der Waals surface area contributed by atoms with Crippen LogP contribution in [0.25, 0.3) is 10.9 Å². The van der Waals surface area contributed by atoms with E-state index >= 15 is 0 Å². The second kappa shape index (κ2) is 5.96. The summed E-state index contributed by atoms with van der Waals surface area (Å²) in [6.07, 6.45) is 0. The van der Waals surface area contributed by atoms with Crippen LogP contribution in [-0.2, 0) is 0 Å². The smallest absolute Gasteiger partial charge is 0.269 e. The number of fused-ring (bicyclic) bond motifs is 1. The third-order valence-corrected chi connectivity index (χ3v) is 3.90. The molecule has 0 bridgehead atoms. The first-order valence-electron chi connectivity index (χ1n) is 7.31. The number of H-pyrrole nitrogens is 1. The first-order valence-corrected chi connectivity index (χ1v) is 7.31. The molecule has 0 radical (unpaired) electrons. The second-order valence-electron chi connectivity index (χ2n) is 5.41. The Morgan fingerprint density at radius 3 is 2.22 bits per heavy atom. The van der Waals surface area contributed by atoms with E-state index in [2.05, 4.69) is 15.8 Å². The maximum absolute atomic E-state index is 12.2. The van der Waals surface area contributed by atoms with Gasteiger partial charge in [0.2, 0.25) is 0 Å². The van der Waals surface area contributed by atoms with Crippen LogP contribution in [0, 0.1) is 13.8 Å². The van der Waals surface area contributed by atoms with E-state index in [1.807, 2.05) is 32.0 Å². The van der Waals surface area contributed by atoms with Crippen LogP contribution in [0.2, 0.25) is 0 Å². The summed E-state index contributed by atoms with van der Waals surface area (Å²) >= 11 is 0. The van der Waals surface area contributed by atoms with Gasteiger partial charge in [0.15, 0.2) is 0 Å². The molecule has 0 fully saturated rings. The number of aromatic amines is 1. The zero-order chi connectivity index (χ0) is 16.4. The summed E-state index contributed by atoms with van der Waals surface area (Å²) in [6.45, 7) is 4.00. The molecule has 0 atom stereocenters. The van der Waals surface area contributed by atoms with Crippen molar-refractivity contribution in [3.8, 4) is 0 Å². The van der Waals surface area contributed by atoms with Gasteiger partial charge < -0.3 is 4.98 Å². The summed E-state index contributed by atoms with van der Waals surface area (Å²) < 4.78 is 0. The summed E-state index contributed by atoms with van der Waals surface area (Å²) in [5.74, 6) is -0.705. The van der Waals surface area contributed by atoms with Crippen molar-refractivity contribution in [3.63, 3.8) is 0 Å². The van der Waals surface area contributed by atoms with Crippen LogP contribution >= 0.6 is 0 Å². The van der Waals surface area contributed by atoms with E-state index in [0.29, 0.717) is 11.1 Å². The fraction of sp³-hybridized carbons (Fsp3) is 0.111. The van der Waals surface area contributed by atoms with E-state index < -0.39 is 0 Å². The van der Waals surface area contributed by atoms with Crippen molar-refractivity contribution in [1.82, 2.24) is 15.8 Å². The highest BCUT2D eigenvalue weighted by atomic mass is 16.2. The number of hydrogen-bond acceptors (Lipinski definition) is 2. The molecule has 3 rings (SSSR count). The minimum Gasteiger partial charge on any atom is -0.358 e. The summed E-state index contributed by atoms with van der Waals surface area (Å²) in [6, 6.07) is 14.1. The number of nitrogens with one attached hydrogen (secondary N) is 3. The molecule has 0 saturated carbocycles. The number of aryl methyl sites for hydroxylation is 2. The highest BCUT2D eigenvalue weighted by molar-refractivity contribution is 6.01. The van der Waals surface area contributed by atoms with Gasteiger partial charge in [-0.1, -0.05) is 18.2 Å². The molecule has 1 heterocycles. The molecule has 23 heavy (non-hydrogen) atoms. The van der Waals surface area contributed by atoms with Crippen molar-refractivity contribution < 1.29 is 9.59 Å². The second-order valence-corrected chi connectivity index (χ2v) is 5.41. The number of carbonyl (C=O) groups is 2. The van der Waals surface area contributed by atoms with Gasteiger partial charge >= 0.3 is 0 Å². The Balaban J connectivity index is 1.73. The van der Waals surface area contributed by atoms with Gasteiger partial charge in [0, 0.05) is 27.7 Å². The number of hydrogen-bond donors (Lipinski definition) is 3. The van der Waals surface area contributed by atoms with Crippen molar-refractivity contribution in [1.29, 1.82) is 0 Å². The average molecular weight is 307 g/mol. The van der Waals surface area contributed by atoms with Crippen LogP contribution in [0.15, 0.2) is 48.5 Å². The summed E-state index contributed by atoms with van der Waals surface area (Å²) in [5, 5.41) is 1.00. The monoisotopic (exact) mass is 307 g/mol. The molecule has 0 saturated heterocycles. The largest absolute Gasteiger partial charge is 0.358 e. The molecular formula is C18H17N3O2. The van der Waals surface area contributed by atoms with Gasteiger partial charge in [-0.15, -0.1) is 0 Å². The predicted octanol–water partition coefficient (Wildman–Crippen LogP) is 2.86. The number of hydrazine groups is 1. The van der Waals surface area contributed by atoms with E-state index in [4.69, 9.17) is 0 Å². The Labute approximate surface area is 133 Å². The van der Waals surface area contributed by atoms with Crippen molar-refractivity contribution in [2.75, 3.05) is 0 Å². The lowest BCUT2D eigenvalue weighted by Gasteiger charge is -2.07. The number of amides is 2. The van der Waals surface area contributed by atoms with Gasteiger partial charge in [-0.3, -0.25) is 20.4 Å². The van der Waals surface area contributed by atoms with Gasteiger partial charge in [-0.25, -0.2) is 0 Å².